The Morgan fingerprint density at radius 2 is 1.73 bits per heavy atom. The molecule has 0 radical (unpaired) electrons. The number of rotatable bonds is 5. The quantitative estimate of drug-likeness (QED) is 0.801. The van der Waals surface area contributed by atoms with Crippen LogP contribution in [0.15, 0.2) is 54.6 Å². The van der Waals surface area contributed by atoms with Crippen LogP contribution in [0.3, 0.4) is 0 Å². The molecule has 0 bridgehead atoms. The van der Waals surface area contributed by atoms with Gasteiger partial charge in [0.25, 0.3) is 0 Å². The zero-order valence-electron chi connectivity index (χ0n) is 16.1. The van der Waals surface area contributed by atoms with Crippen molar-refractivity contribution in [1.29, 1.82) is 0 Å². The predicted molar refractivity (Wildman–Crippen MR) is 108 cm³/mol. The van der Waals surface area contributed by atoms with Gasteiger partial charge in [-0.1, -0.05) is 63.2 Å². The number of carbonyl (C=O) groups is 1. The van der Waals surface area contributed by atoms with Crippen LogP contribution in [0.4, 0.5) is 5.69 Å². The molecule has 3 rings (SSSR count). The highest BCUT2D eigenvalue weighted by molar-refractivity contribution is 5.95. The molecule has 0 aromatic heterocycles. The second-order valence-electron chi connectivity index (χ2n) is 7.82. The number of nitrogens with one attached hydrogen (secondary N) is 1. The monoisotopic (exact) mass is 350 g/mol. The summed E-state index contributed by atoms with van der Waals surface area (Å²) in [5.74, 6) is 1.18. The Kier molecular flexibility index (Phi) is 6.10. The maximum absolute atomic E-state index is 13.2. The number of nitrogens with zero attached hydrogens (tertiary/aromatic N) is 1. The van der Waals surface area contributed by atoms with E-state index in [2.05, 4.69) is 55.3 Å². The highest BCUT2D eigenvalue weighted by Gasteiger charge is 2.30. The van der Waals surface area contributed by atoms with Crippen LogP contribution in [0.2, 0.25) is 0 Å². The molecule has 2 aromatic carbocycles. The van der Waals surface area contributed by atoms with Crippen molar-refractivity contribution < 1.29 is 4.79 Å². The van der Waals surface area contributed by atoms with Crippen molar-refractivity contribution in [3.8, 4) is 0 Å². The number of hydrogen-bond donors (Lipinski definition) is 1. The first-order chi connectivity index (χ1) is 12.5. The number of anilines is 1. The summed E-state index contributed by atoms with van der Waals surface area (Å²) >= 11 is 0. The number of carbonyl (C=O) groups excluding carboxylic acids is 1. The van der Waals surface area contributed by atoms with E-state index in [4.69, 9.17) is 0 Å². The summed E-state index contributed by atoms with van der Waals surface area (Å²) in [7, 11) is 0. The van der Waals surface area contributed by atoms with Gasteiger partial charge >= 0.3 is 0 Å². The Hall–Kier alpha value is -2.13. The molecule has 138 valence electrons. The fraction of sp³-hybridized carbons (Fsp3) is 0.435. The van der Waals surface area contributed by atoms with Crippen molar-refractivity contribution in [3.05, 3.63) is 65.7 Å². The fourth-order valence-corrected chi connectivity index (χ4v) is 3.79. The van der Waals surface area contributed by atoms with Crippen molar-refractivity contribution in [2.75, 3.05) is 18.4 Å². The minimum atomic E-state index is -0.233. The van der Waals surface area contributed by atoms with Gasteiger partial charge in [-0.25, -0.2) is 0 Å². The van der Waals surface area contributed by atoms with Crippen LogP contribution in [-0.2, 0) is 4.79 Å². The molecule has 1 aliphatic rings. The van der Waals surface area contributed by atoms with Crippen molar-refractivity contribution in [1.82, 2.24) is 4.90 Å². The Morgan fingerprint density at radius 1 is 1.04 bits per heavy atom. The number of piperidine rings is 1. The molecule has 1 heterocycles. The Morgan fingerprint density at radius 3 is 2.35 bits per heavy atom. The summed E-state index contributed by atoms with van der Waals surface area (Å²) in [5.41, 5.74) is 3.22. The summed E-state index contributed by atoms with van der Waals surface area (Å²) in [4.78, 5) is 15.5. The summed E-state index contributed by atoms with van der Waals surface area (Å²) in [5, 5.41) is 3.14. The third-order valence-corrected chi connectivity index (χ3v) is 5.26. The van der Waals surface area contributed by atoms with E-state index in [9.17, 15) is 4.79 Å². The van der Waals surface area contributed by atoms with E-state index in [-0.39, 0.29) is 11.9 Å². The van der Waals surface area contributed by atoms with Crippen LogP contribution in [0, 0.1) is 5.92 Å². The van der Waals surface area contributed by atoms with Gasteiger partial charge in [0.1, 0.15) is 6.04 Å². The smallest absolute Gasteiger partial charge is 0.246 e. The van der Waals surface area contributed by atoms with Crippen LogP contribution in [0.1, 0.15) is 56.7 Å². The van der Waals surface area contributed by atoms with Gasteiger partial charge in [0.05, 0.1) is 0 Å². The second-order valence-corrected chi connectivity index (χ2v) is 7.82. The largest absolute Gasteiger partial charge is 0.324 e. The van der Waals surface area contributed by atoms with E-state index in [1.165, 1.54) is 12.0 Å². The lowest BCUT2D eigenvalue weighted by atomic mass is 9.95. The molecular formula is C23H30N2O. The number of benzene rings is 2. The molecule has 26 heavy (non-hydrogen) atoms. The van der Waals surface area contributed by atoms with Crippen molar-refractivity contribution in [2.24, 2.45) is 5.92 Å². The molecule has 1 aliphatic heterocycles. The maximum Gasteiger partial charge on any atom is 0.246 e. The van der Waals surface area contributed by atoms with Gasteiger partial charge in [0, 0.05) is 12.2 Å². The molecular weight excluding hydrogens is 320 g/mol. The summed E-state index contributed by atoms with van der Waals surface area (Å²) in [6.07, 6.45) is 2.40. The molecule has 0 aliphatic carbocycles. The van der Waals surface area contributed by atoms with Gasteiger partial charge in [-0.15, -0.1) is 0 Å². The van der Waals surface area contributed by atoms with Gasteiger partial charge in [-0.05, 0) is 54.5 Å². The molecule has 1 fully saturated rings. The third kappa shape index (κ3) is 4.53. The molecule has 0 spiro atoms. The Labute approximate surface area is 157 Å². The first-order valence-electron chi connectivity index (χ1n) is 9.74. The van der Waals surface area contributed by atoms with Crippen LogP contribution in [0.25, 0.3) is 0 Å². The lowest BCUT2D eigenvalue weighted by Gasteiger charge is -2.36. The van der Waals surface area contributed by atoms with Gasteiger partial charge < -0.3 is 5.32 Å². The SMILES string of the molecule is CC1CCCN(C(C(=O)Nc2ccc(C(C)C)cc2)c2ccccc2)C1. The lowest BCUT2D eigenvalue weighted by molar-refractivity contribution is -0.122. The van der Waals surface area contributed by atoms with Crippen molar-refractivity contribution >= 4 is 11.6 Å². The Balaban J connectivity index is 1.80. The normalized spacial score (nSPS) is 19.3. The predicted octanol–water partition coefficient (Wildman–Crippen LogP) is 5.22. The molecule has 1 N–H and O–H groups in total. The van der Waals surface area contributed by atoms with E-state index in [0.717, 1.165) is 30.8 Å². The third-order valence-electron chi connectivity index (χ3n) is 5.26. The standard InChI is InChI=1S/C23H30N2O/c1-17(2)19-11-13-21(14-12-19)24-23(26)22(20-9-5-4-6-10-20)25-15-7-8-18(3)16-25/h4-6,9-14,17-18,22H,7-8,15-16H2,1-3H3,(H,24,26). The van der Waals surface area contributed by atoms with Gasteiger partial charge in [-0.3, -0.25) is 9.69 Å². The number of likely N-dealkylation sites (tertiary alicyclic amines) is 1. The molecule has 3 heteroatoms. The summed E-state index contributed by atoms with van der Waals surface area (Å²) in [6, 6.07) is 18.1. The molecule has 3 nitrogen and oxygen atoms in total. The van der Waals surface area contributed by atoms with Gasteiger partial charge in [-0.2, -0.15) is 0 Å². The molecule has 2 atom stereocenters. The fourth-order valence-electron chi connectivity index (χ4n) is 3.79. The zero-order chi connectivity index (χ0) is 18.5. The molecule has 1 amide bonds. The molecule has 2 unspecified atom stereocenters. The van der Waals surface area contributed by atoms with E-state index < -0.39 is 0 Å². The summed E-state index contributed by atoms with van der Waals surface area (Å²) < 4.78 is 0. The topological polar surface area (TPSA) is 32.3 Å². The zero-order valence-corrected chi connectivity index (χ0v) is 16.1. The molecule has 0 saturated carbocycles. The highest BCUT2D eigenvalue weighted by atomic mass is 16.2. The van der Waals surface area contributed by atoms with E-state index >= 15 is 0 Å². The highest BCUT2D eigenvalue weighted by Crippen LogP contribution is 2.28. The number of amides is 1. The number of hydrogen-bond acceptors (Lipinski definition) is 2. The second kappa shape index (κ2) is 8.50. The van der Waals surface area contributed by atoms with E-state index in [1.807, 2.05) is 30.3 Å². The van der Waals surface area contributed by atoms with Crippen LogP contribution < -0.4 is 5.32 Å². The van der Waals surface area contributed by atoms with Crippen molar-refractivity contribution in [3.63, 3.8) is 0 Å². The first-order valence-corrected chi connectivity index (χ1v) is 9.74. The van der Waals surface area contributed by atoms with Gasteiger partial charge in [0.2, 0.25) is 5.91 Å². The van der Waals surface area contributed by atoms with Crippen LogP contribution in [0.5, 0.6) is 0 Å². The van der Waals surface area contributed by atoms with Crippen LogP contribution >= 0.6 is 0 Å². The average Bonchev–Trinajstić information content (AvgIpc) is 2.63. The van der Waals surface area contributed by atoms with E-state index in [0.29, 0.717) is 11.8 Å². The van der Waals surface area contributed by atoms with Gasteiger partial charge in [0.15, 0.2) is 0 Å². The lowest BCUT2D eigenvalue weighted by Crippen LogP contribution is -2.42. The minimum absolute atomic E-state index is 0.0580. The first kappa shape index (κ1) is 18.7. The molecule has 1 saturated heterocycles. The Bertz CT molecular complexity index is 709. The summed E-state index contributed by atoms with van der Waals surface area (Å²) in [6.45, 7) is 8.58. The maximum atomic E-state index is 13.2. The van der Waals surface area contributed by atoms with E-state index in [1.54, 1.807) is 0 Å². The van der Waals surface area contributed by atoms with Crippen LogP contribution in [-0.4, -0.2) is 23.9 Å². The minimum Gasteiger partial charge on any atom is -0.324 e. The van der Waals surface area contributed by atoms with Crippen molar-refractivity contribution in [2.45, 2.75) is 45.6 Å². The molecule has 2 aromatic rings. The average molecular weight is 351 g/mol.